The smallest absolute Gasteiger partial charge is 0.248 e. The molecule has 2 atom stereocenters. The molecule has 0 unspecified atom stereocenters. The summed E-state index contributed by atoms with van der Waals surface area (Å²) < 4.78 is 11.3. The number of carbonyl (C=O) groups excluding carboxylic acids is 1. The summed E-state index contributed by atoms with van der Waals surface area (Å²) >= 11 is 5.86. The van der Waals surface area contributed by atoms with Crippen LogP contribution in [-0.2, 0) is 4.84 Å². The molecule has 1 aliphatic heterocycles. The fourth-order valence-corrected chi connectivity index (χ4v) is 2.77. The van der Waals surface area contributed by atoms with Crippen LogP contribution in [0.5, 0.6) is 11.5 Å². The van der Waals surface area contributed by atoms with Crippen LogP contribution in [0, 0.1) is 0 Å². The average molecular weight is 393 g/mol. The molecule has 27 heavy (non-hydrogen) atoms. The van der Waals surface area contributed by atoms with Crippen molar-refractivity contribution in [2.45, 2.75) is 12.2 Å². The van der Waals surface area contributed by atoms with Crippen molar-refractivity contribution in [2.75, 3.05) is 26.3 Å². The van der Waals surface area contributed by atoms with Gasteiger partial charge in [-0.15, -0.1) is 0 Å². The molecule has 144 valence electrons. The van der Waals surface area contributed by atoms with E-state index in [4.69, 9.17) is 31.6 Å². The molecule has 1 fully saturated rings. The molecule has 1 saturated heterocycles. The lowest BCUT2D eigenvalue weighted by atomic mass is 10.2. The molecular formula is C19H21ClN2O5. The van der Waals surface area contributed by atoms with Crippen molar-refractivity contribution in [3.05, 3.63) is 59.1 Å². The van der Waals surface area contributed by atoms with Gasteiger partial charge in [-0.1, -0.05) is 17.7 Å². The largest absolute Gasteiger partial charge is 0.491 e. The third-order valence-electron chi connectivity index (χ3n) is 3.94. The number of hydrogen-bond donors (Lipinski definition) is 2. The molecule has 3 rings (SSSR count). The van der Waals surface area contributed by atoms with Crippen LogP contribution in [-0.4, -0.2) is 54.6 Å². The van der Waals surface area contributed by atoms with Gasteiger partial charge in [0, 0.05) is 10.6 Å². The van der Waals surface area contributed by atoms with Crippen molar-refractivity contribution < 1.29 is 24.2 Å². The number of hydroxylamine groups is 2. The van der Waals surface area contributed by atoms with Gasteiger partial charge in [0.1, 0.15) is 36.9 Å². The first kappa shape index (κ1) is 19.4. The van der Waals surface area contributed by atoms with Gasteiger partial charge in [0.15, 0.2) is 0 Å². The zero-order valence-corrected chi connectivity index (χ0v) is 15.3. The van der Waals surface area contributed by atoms with Gasteiger partial charge >= 0.3 is 0 Å². The van der Waals surface area contributed by atoms with Crippen LogP contribution < -0.4 is 15.2 Å². The van der Waals surface area contributed by atoms with Gasteiger partial charge in [0.25, 0.3) is 0 Å². The maximum Gasteiger partial charge on any atom is 0.248 e. The number of nitrogens with zero attached hydrogens (tertiary/aromatic N) is 1. The van der Waals surface area contributed by atoms with Crippen molar-refractivity contribution in [3.8, 4) is 11.5 Å². The number of ether oxygens (including phenoxy) is 2. The molecule has 1 amide bonds. The fourth-order valence-electron chi connectivity index (χ4n) is 2.64. The van der Waals surface area contributed by atoms with Crippen LogP contribution in [0.3, 0.4) is 0 Å². The maximum atomic E-state index is 11.2. The predicted octanol–water partition coefficient (Wildman–Crippen LogP) is 1.87. The summed E-state index contributed by atoms with van der Waals surface area (Å²) in [5.74, 6) is 0.655. The number of halogens is 1. The number of β-amino-alcohol motifs (C(OH)–C–C–N with tert-alkyl or cyclic N) is 1. The van der Waals surface area contributed by atoms with Gasteiger partial charge in [-0.25, -0.2) is 0 Å². The molecule has 0 aliphatic carbocycles. The molecule has 7 nitrogen and oxygen atoms in total. The molecule has 3 N–H and O–H groups in total. The minimum absolute atomic E-state index is 0.0603. The number of aliphatic hydroxyl groups is 1. The minimum atomic E-state index is -0.767. The Hall–Kier alpha value is -2.32. The van der Waals surface area contributed by atoms with Crippen molar-refractivity contribution in [2.24, 2.45) is 5.73 Å². The second kappa shape index (κ2) is 9.05. The highest BCUT2D eigenvalue weighted by molar-refractivity contribution is 6.30. The molecule has 2 aromatic carbocycles. The lowest BCUT2D eigenvalue weighted by Crippen LogP contribution is -2.34. The van der Waals surface area contributed by atoms with E-state index in [1.165, 1.54) is 6.07 Å². The molecule has 1 heterocycles. The van der Waals surface area contributed by atoms with E-state index in [1.807, 2.05) is 0 Å². The van der Waals surface area contributed by atoms with Gasteiger partial charge in [0.2, 0.25) is 5.91 Å². The van der Waals surface area contributed by atoms with Crippen molar-refractivity contribution in [1.82, 2.24) is 5.06 Å². The Morgan fingerprint density at radius 2 is 2.07 bits per heavy atom. The first-order chi connectivity index (χ1) is 13.0. The SMILES string of the molecule is NC(=O)c1cccc(OC[C@H](O)CN2C[C@@H](Oc3ccc(Cl)cc3)CO2)c1. The summed E-state index contributed by atoms with van der Waals surface area (Å²) in [6.45, 7) is 1.26. The van der Waals surface area contributed by atoms with E-state index in [-0.39, 0.29) is 19.3 Å². The highest BCUT2D eigenvalue weighted by Gasteiger charge is 2.27. The molecule has 0 radical (unpaired) electrons. The summed E-state index contributed by atoms with van der Waals surface area (Å²) in [4.78, 5) is 16.7. The van der Waals surface area contributed by atoms with E-state index in [0.717, 1.165) is 0 Å². The quantitative estimate of drug-likeness (QED) is 0.712. The van der Waals surface area contributed by atoms with Crippen LogP contribution in [0.15, 0.2) is 48.5 Å². The summed E-state index contributed by atoms with van der Waals surface area (Å²) in [6, 6.07) is 13.6. The van der Waals surface area contributed by atoms with Crippen LogP contribution >= 0.6 is 11.6 Å². The first-order valence-electron chi connectivity index (χ1n) is 8.50. The summed E-state index contributed by atoms with van der Waals surface area (Å²) in [6.07, 6.45) is -0.900. The summed E-state index contributed by atoms with van der Waals surface area (Å²) in [5.41, 5.74) is 5.59. The third-order valence-corrected chi connectivity index (χ3v) is 4.19. The average Bonchev–Trinajstić information content (AvgIpc) is 3.09. The van der Waals surface area contributed by atoms with Gasteiger partial charge in [-0.3, -0.25) is 9.63 Å². The third kappa shape index (κ3) is 5.83. The molecule has 8 heteroatoms. The second-order valence-electron chi connectivity index (χ2n) is 6.19. The topological polar surface area (TPSA) is 94.3 Å². The van der Waals surface area contributed by atoms with Crippen molar-refractivity contribution in [1.29, 1.82) is 0 Å². The van der Waals surface area contributed by atoms with Gasteiger partial charge in [-0.05, 0) is 42.5 Å². The zero-order chi connectivity index (χ0) is 19.2. The number of primary amides is 1. The number of hydrogen-bond acceptors (Lipinski definition) is 6. The number of aliphatic hydroxyl groups excluding tert-OH is 1. The van der Waals surface area contributed by atoms with E-state index in [0.29, 0.717) is 35.2 Å². The zero-order valence-electron chi connectivity index (χ0n) is 14.6. The van der Waals surface area contributed by atoms with E-state index in [1.54, 1.807) is 47.5 Å². The van der Waals surface area contributed by atoms with Crippen LogP contribution in [0.1, 0.15) is 10.4 Å². The highest BCUT2D eigenvalue weighted by atomic mass is 35.5. The predicted molar refractivity (Wildman–Crippen MR) is 99.9 cm³/mol. The Morgan fingerprint density at radius 3 is 2.81 bits per heavy atom. The highest BCUT2D eigenvalue weighted by Crippen LogP contribution is 2.19. The van der Waals surface area contributed by atoms with E-state index < -0.39 is 12.0 Å². The Bertz CT molecular complexity index is 771. The Labute approximate surface area is 162 Å². The number of amides is 1. The number of rotatable bonds is 8. The molecular weight excluding hydrogens is 372 g/mol. The van der Waals surface area contributed by atoms with E-state index in [2.05, 4.69) is 0 Å². The van der Waals surface area contributed by atoms with Gasteiger partial charge in [-0.2, -0.15) is 5.06 Å². The van der Waals surface area contributed by atoms with Crippen LogP contribution in [0.25, 0.3) is 0 Å². The Kier molecular flexibility index (Phi) is 6.52. The normalized spacial score (nSPS) is 18.2. The molecule has 2 aromatic rings. The van der Waals surface area contributed by atoms with Gasteiger partial charge < -0.3 is 20.3 Å². The molecule has 0 bridgehead atoms. The number of benzene rings is 2. The fraction of sp³-hybridized carbons (Fsp3) is 0.316. The monoisotopic (exact) mass is 392 g/mol. The standard InChI is InChI=1S/C19H21ClN2O5/c20-14-4-6-16(7-5-14)27-18-10-22(26-12-18)9-15(23)11-25-17-3-1-2-13(8-17)19(21)24/h1-8,15,18,23H,9-12H2,(H2,21,24)/t15-,18-/m1/s1. The molecule has 0 saturated carbocycles. The van der Waals surface area contributed by atoms with E-state index >= 15 is 0 Å². The van der Waals surface area contributed by atoms with E-state index in [9.17, 15) is 9.90 Å². The second-order valence-corrected chi connectivity index (χ2v) is 6.63. The Morgan fingerprint density at radius 1 is 1.30 bits per heavy atom. The molecule has 0 aromatic heterocycles. The van der Waals surface area contributed by atoms with Crippen molar-refractivity contribution >= 4 is 17.5 Å². The van der Waals surface area contributed by atoms with Crippen molar-refractivity contribution in [3.63, 3.8) is 0 Å². The van der Waals surface area contributed by atoms with Crippen LogP contribution in [0.4, 0.5) is 0 Å². The minimum Gasteiger partial charge on any atom is -0.491 e. The molecule has 1 aliphatic rings. The maximum absolute atomic E-state index is 11.2. The Balaban J connectivity index is 1.42. The first-order valence-corrected chi connectivity index (χ1v) is 8.88. The number of carbonyl (C=O) groups is 1. The molecule has 0 spiro atoms. The lowest BCUT2D eigenvalue weighted by Gasteiger charge is -2.19. The number of nitrogens with two attached hydrogens (primary N) is 1. The summed E-state index contributed by atoms with van der Waals surface area (Å²) in [5, 5.41) is 12.5. The van der Waals surface area contributed by atoms with Gasteiger partial charge in [0.05, 0.1) is 13.1 Å². The lowest BCUT2D eigenvalue weighted by molar-refractivity contribution is -0.131. The van der Waals surface area contributed by atoms with Crippen LogP contribution in [0.2, 0.25) is 5.02 Å². The summed E-state index contributed by atoms with van der Waals surface area (Å²) in [7, 11) is 0.